The van der Waals surface area contributed by atoms with Crippen LogP contribution in [-0.2, 0) is 6.61 Å². The van der Waals surface area contributed by atoms with Gasteiger partial charge in [-0.1, -0.05) is 29.5 Å². The van der Waals surface area contributed by atoms with Crippen molar-refractivity contribution in [2.75, 3.05) is 0 Å². The van der Waals surface area contributed by atoms with Gasteiger partial charge in [0.25, 0.3) is 0 Å². The maximum atomic E-state index is 9.28. The fraction of sp³-hybridized carbons (Fsp3) is 0.176. The highest BCUT2D eigenvalue weighted by Gasteiger charge is 2.08. The zero-order chi connectivity index (χ0) is 14.1. The Morgan fingerprint density at radius 2 is 1.75 bits per heavy atom. The molecule has 1 heterocycles. The lowest BCUT2D eigenvalue weighted by atomic mass is 10.2. The summed E-state index contributed by atoms with van der Waals surface area (Å²) in [6, 6.07) is 14.9. The molecule has 2 aromatic carbocycles. The molecule has 0 amide bonds. The number of hydrogen-bond donors (Lipinski definition) is 2. The lowest BCUT2D eigenvalue weighted by Crippen LogP contribution is -1.80. The largest absolute Gasteiger partial charge is 0.390 e. The molecule has 0 radical (unpaired) electrons. The van der Waals surface area contributed by atoms with E-state index in [1.54, 1.807) is 11.8 Å². The zero-order valence-corrected chi connectivity index (χ0v) is 12.4. The third-order valence-electron chi connectivity index (χ3n) is 3.32. The monoisotopic (exact) mass is 283 g/mol. The molecule has 2 N–H and O–H groups in total. The number of hydrogen-bond acceptors (Lipinski definition) is 2. The summed E-state index contributed by atoms with van der Waals surface area (Å²) in [5, 5.41) is 10.5. The first-order chi connectivity index (χ1) is 9.65. The van der Waals surface area contributed by atoms with Crippen LogP contribution in [0.4, 0.5) is 0 Å². The lowest BCUT2D eigenvalue weighted by molar-refractivity contribution is 0.278. The number of aryl methyl sites for hydroxylation is 2. The Bertz CT molecular complexity index is 744. The van der Waals surface area contributed by atoms with E-state index in [1.165, 1.54) is 26.3 Å². The Kier molecular flexibility index (Phi) is 3.55. The molecule has 1 aromatic heterocycles. The van der Waals surface area contributed by atoms with Crippen molar-refractivity contribution in [3.05, 3.63) is 59.3 Å². The van der Waals surface area contributed by atoms with Gasteiger partial charge >= 0.3 is 0 Å². The van der Waals surface area contributed by atoms with Crippen molar-refractivity contribution >= 4 is 22.7 Å². The Labute approximate surface area is 122 Å². The SMILES string of the molecule is Cc1ccc(Sc2cc(C)cc3[nH]c(CO)cc23)cc1. The number of aromatic amines is 1. The fourth-order valence-corrected chi connectivity index (χ4v) is 3.35. The molecule has 0 saturated carbocycles. The molecular formula is C17H17NOS. The Balaban J connectivity index is 2.05. The van der Waals surface area contributed by atoms with Gasteiger partial charge in [0.15, 0.2) is 0 Å². The van der Waals surface area contributed by atoms with E-state index in [0.717, 1.165) is 11.2 Å². The van der Waals surface area contributed by atoms with E-state index in [4.69, 9.17) is 0 Å². The van der Waals surface area contributed by atoms with Gasteiger partial charge in [0.05, 0.1) is 6.61 Å². The number of aromatic nitrogens is 1. The highest BCUT2D eigenvalue weighted by molar-refractivity contribution is 7.99. The number of benzene rings is 2. The molecule has 3 aromatic rings. The number of aliphatic hydroxyl groups is 1. The van der Waals surface area contributed by atoms with Crippen molar-refractivity contribution in [1.82, 2.24) is 4.98 Å². The van der Waals surface area contributed by atoms with Crippen molar-refractivity contribution in [2.45, 2.75) is 30.2 Å². The summed E-state index contributed by atoms with van der Waals surface area (Å²) in [7, 11) is 0. The molecule has 0 aliphatic heterocycles. The molecule has 0 atom stereocenters. The Morgan fingerprint density at radius 3 is 2.45 bits per heavy atom. The summed E-state index contributed by atoms with van der Waals surface area (Å²) in [6.45, 7) is 4.24. The number of fused-ring (bicyclic) bond motifs is 1. The van der Waals surface area contributed by atoms with E-state index < -0.39 is 0 Å². The Hall–Kier alpha value is -1.71. The molecule has 0 aliphatic carbocycles. The van der Waals surface area contributed by atoms with Crippen LogP contribution in [0.2, 0.25) is 0 Å². The minimum absolute atomic E-state index is 0.0440. The summed E-state index contributed by atoms with van der Waals surface area (Å²) in [5.41, 5.74) is 4.44. The molecule has 0 aliphatic rings. The maximum absolute atomic E-state index is 9.28. The zero-order valence-electron chi connectivity index (χ0n) is 11.6. The molecule has 20 heavy (non-hydrogen) atoms. The molecular weight excluding hydrogens is 266 g/mol. The predicted octanol–water partition coefficient (Wildman–Crippen LogP) is 4.43. The van der Waals surface area contributed by atoms with Gasteiger partial charge in [0.2, 0.25) is 0 Å². The Morgan fingerprint density at radius 1 is 1.00 bits per heavy atom. The fourth-order valence-electron chi connectivity index (χ4n) is 2.30. The average molecular weight is 283 g/mol. The third-order valence-corrected chi connectivity index (χ3v) is 4.38. The van der Waals surface area contributed by atoms with Crippen molar-refractivity contribution in [3.63, 3.8) is 0 Å². The highest BCUT2D eigenvalue weighted by Crippen LogP contribution is 2.35. The molecule has 0 bridgehead atoms. The smallest absolute Gasteiger partial charge is 0.0831 e. The quantitative estimate of drug-likeness (QED) is 0.746. The van der Waals surface area contributed by atoms with Gasteiger partial charge in [0.1, 0.15) is 0 Å². The second kappa shape index (κ2) is 5.35. The van der Waals surface area contributed by atoms with Gasteiger partial charge in [-0.25, -0.2) is 0 Å². The number of rotatable bonds is 3. The van der Waals surface area contributed by atoms with Gasteiger partial charge in [-0.2, -0.15) is 0 Å². The molecule has 0 fully saturated rings. The van der Waals surface area contributed by atoms with E-state index >= 15 is 0 Å². The van der Waals surface area contributed by atoms with Crippen LogP contribution in [0.25, 0.3) is 10.9 Å². The maximum Gasteiger partial charge on any atom is 0.0831 e. The normalized spacial score (nSPS) is 11.2. The summed E-state index contributed by atoms with van der Waals surface area (Å²) >= 11 is 1.76. The summed E-state index contributed by atoms with van der Waals surface area (Å²) in [5.74, 6) is 0. The molecule has 3 heteroatoms. The van der Waals surface area contributed by atoms with E-state index in [-0.39, 0.29) is 6.61 Å². The molecule has 3 rings (SSSR count). The van der Waals surface area contributed by atoms with E-state index in [1.807, 2.05) is 6.07 Å². The van der Waals surface area contributed by atoms with E-state index in [9.17, 15) is 5.11 Å². The molecule has 0 unspecified atom stereocenters. The molecule has 2 nitrogen and oxygen atoms in total. The third kappa shape index (κ3) is 2.60. The standard InChI is InChI=1S/C17H17NOS/c1-11-3-5-14(6-4-11)20-17-8-12(2)7-16-15(17)9-13(10-19)18-16/h3-9,18-19H,10H2,1-2H3. The minimum Gasteiger partial charge on any atom is -0.390 e. The number of nitrogens with one attached hydrogen (secondary N) is 1. The van der Waals surface area contributed by atoms with E-state index in [2.05, 4.69) is 55.2 Å². The first-order valence-corrected chi connectivity index (χ1v) is 7.45. The second-order valence-electron chi connectivity index (χ2n) is 5.09. The van der Waals surface area contributed by atoms with Gasteiger partial charge in [-0.3, -0.25) is 0 Å². The molecule has 0 saturated heterocycles. The van der Waals surface area contributed by atoms with E-state index in [0.29, 0.717) is 0 Å². The predicted molar refractivity (Wildman–Crippen MR) is 84.3 cm³/mol. The van der Waals surface area contributed by atoms with Crippen molar-refractivity contribution in [2.24, 2.45) is 0 Å². The summed E-state index contributed by atoms with van der Waals surface area (Å²) in [6.07, 6.45) is 0. The van der Waals surface area contributed by atoms with Gasteiger partial charge in [-0.15, -0.1) is 0 Å². The van der Waals surface area contributed by atoms with Crippen LogP contribution in [0.15, 0.2) is 52.3 Å². The van der Waals surface area contributed by atoms with Gasteiger partial charge < -0.3 is 10.1 Å². The average Bonchev–Trinajstić information content (AvgIpc) is 2.84. The lowest BCUT2D eigenvalue weighted by Gasteiger charge is -2.05. The van der Waals surface area contributed by atoms with Crippen LogP contribution in [-0.4, -0.2) is 10.1 Å². The van der Waals surface area contributed by atoms with Crippen LogP contribution >= 0.6 is 11.8 Å². The van der Waals surface area contributed by atoms with Crippen molar-refractivity contribution in [1.29, 1.82) is 0 Å². The van der Waals surface area contributed by atoms with Gasteiger partial charge in [0, 0.05) is 26.4 Å². The summed E-state index contributed by atoms with van der Waals surface area (Å²) in [4.78, 5) is 5.71. The highest BCUT2D eigenvalue weighted by atomic mass is 32.2. The van der Waals surface area contributed by atoms with Crippen LogP contribution in [0.3, 0.4) is 0 Å². The van der Waals surface area contributed by atoms with Crippen LogP contribution < -0.4 is 0 Å². The first kappa shape index (κ1) is 13.3. The summed E-state index contributed by atoms with van der Waals surface area (Å²) < 4.78 is 0. The van der Waals surface area contributed by atoms with Crippen LogP contribution in [0.5, 0.6) is 0 Å². The topological polar surface area (TPSA) is 36.0 Å². The molecule has 102 valence electrons. The number of H-pyrrole nitrogens is 1. The van der Waals surface area contributed by atoms with Crippen molar-refractivity contribution < 1.29 is 5.11 Å². The van der Waals surface area contributed by atoms with Crippen LogP contribution in [0.1, 0.15) is 16.8 Å². The first-order valence-electron chi connectivity index (χ1n) is 6.63. The van der Waals surface area contributed by atoms with Crippen LogP contribution in [0, 0.1) is 13.8 Å². The number of aliphatic hydroxyl groups excluding tert-OH is 1. The minimum atomic E-state index is 0.0440. The molecule has 0 spiro atoms. The van der Waals surface area contributed by atoms with Crippen molar-refractivity contribution in [3.8, 4) is 0 Å². The second-order valence-corrected chi connectivity index (χ2v) is 6.21. The van der Waals surface area contributed by atoms with Gasteiger partial charge in [-0.05, 0) is 49.7 Å².